The molecule has 4 heterocycles. The topological polar surface area (TPSA) is 150 Å². The van der Waals surface area contributed by atoms with E-state index in [1.807, 2.05) is 20.8 Å². The van der Waals surface area contributed by atoms with Crippen LogP contribution in [0.3, 0.4) is 0 Å². The molecule has 12 heteroatoms. The van der Waals surface area contributed by atoms with Crippen molar-refractivity contribution in [2.45, 2.75) is 91.6 Å². The van der Waals surface area contributed by atoms with Gasteiger partial charge >= 0.3 is 0 Å². The zero-order valence-electron chi connectivity index (χ0n) is 32.5. The number of hydrogen-bond acceptors (Lipinski definition) is 8. The second kappa shape index (κ2) is 14.0. The Morgan fingerprint density at radius 3 is 1.33 bits per heavy atom. The second-order valence-electron chi connectivity index (χ2n) is 15.8. The van der Waals surface area contributed by atoms with Gasteiger partial charge in [-0.1, -0.05) is 65.5 Å². The number of benzene rings is 4. The van der Waals surface area contributed by atoms with Gasteiger partial charge in [0.25, 0.3) is 47.3 Å². The lowest BCUT2D eigenvalue weighted by Crippen LogP contribution is -2.54. The van der Waals surface area contributed by atoms with Crippen LogP contribution in [0.25, 0.3) is 21.9 Å². The highest BCUT2D eigenvalue weighted by atomic mass is 16.2. The number of carbonyl (C=O) groups excluding carboxylic acids is 8. The number of unbranched alkanes of at least 4 members (excludes halogenated alkanes) is 1. The van der Waals surface area contributed by atoms with Crippen molar-refractivity contribution in [2.24, 2.45) is 5.92 Å². The molecule has 8 rings (SSSR count). The van der Waals surface area contributed by atoms with E-state index in [4.69, 9.17) is 0 Å². The highest BCUT2D eigenvalue weighted by Crippen LogP contribution is 2.41. The molecule has 0 bridgehead atoms. The molecule has 2 atom stereocenters. The van der Waals surface area contributed by atoms with Crippen LogP contribution in [0.4, 0.5) is 0 Å². The summed E-state index contributed by atoms with van der Waals surface area (Å²) in [5.41, 5.74) is 1.80. The zero-order chi connectivity index (χ0) is 40.6. The van der Waals surface area contributed by atoms with E-state index in [9.17, 15) is 38.4 Å². The van der Waals surface area contributed by atoms with E-state index in [0.29, 0.717) is 51.9 Å². The van der Waals surface area contributed by atoms with Crippen molar-refractivity contribution in [3.8, 4) is 11.1 Å². The molecular formula is C45H42N4O8. The average Bonchev–Trinajstić information content (AvgIpc) is 3.60. The molecule has 57 heavy (non-hydrogen) atoms. The minimum absolute atomic E-state index is 0.0287. The maximum Gasteiger partial charge on any atom is 0.281 e. The summed E-state index contributed by atoms with van der Waals surface area (Å²) in [4.78, 5) is 113. The molecule has 0 saturated heterocycles. The van der Waals surface area contributed by atoms with Crippen molar-refractivity contribution in [2.75, 3.05) is 0 Å². The molecule has 8 amide bonds. The molecule has 0 radical (unpaired) electrons. The molecule has 4 aromatic carbocycles. The van der Waals surface area contributed by atoms with E-state index in [1.54, 1.807) is 24.3 Å². The molecule has 2 unspecified atom stereocenters. The number of rotatable bonds is 12. The average molecular weight is 767 g/mol. The Morgan fingerprint density at radius 2 is 0.842 bits per heavy atom. The summed E-state index contributed by atoms with van der Waals surface area (Å²) in [5.74, 6) is -4.92. The third kappa shape index (κ3) is 5.63. The van der Waals surface area contributed by atoms with Crippen molar-refractivity contribution < 1.29 is 38.4 Å². The van der Waals surface area contributed by atoms with Crippen molar-refractivity contribution >= 4 is 58.0 Å². The van der Waals surface area contributed by atoms with E-state index in [-0.39, 0.29) is 67.7 Å². The van der Waals surface area contributed by atoms with Gasteiger partial charge in [-0.05, 0) is 91.8 Å². The summed E-state index contributed by atoms with van der Waals surface area (Å²) in [7, 11) is 0. The number of hydrogen-bond donors (Lipinski definition) is 0. The van der Waals surface area contributed by atoms with Gasteiger partial charge in [0.05, 0.1) is 33.4 Å². The van der Waals surface area contributed by atoms with Gasteiger partial charge in [-0.2, -0.15) is 10.0 Å². The van der Waals surface area contributed by atoms with Gasteiger partial charge in [0.15, 0.2) is 0 Å². The third-order valence-electron chi connectivity index (χ3n) is 11.8. The number of nitrogens with zero attached hydrogens (tertiary/aromatic N) is 4. The molecule has 0 saturated carbocycles. The van der Waals surface area contributed by atoms with Crippen molar-refractivity contribution in [3.05, 3.63) is 105 Å². The van der Waals surface area contributed by atoms with E-state index in [0.717, 1.165) is 25.7 Å². The second-order valence-corrected chi connectivity index (χ2v) is 15.8. The predicted molar refractivity (Wildman–Crippen MR) is 210 cm³/mol. The Kier molecular flexibility index (Phi) is 9.25. The number of hydrazine groups is 1. The van der Waals surface area contributed by atoms with Crippen LogP contribution in [-0.2, 0) is 0 Å². The fourth-order valence-electron chi connectivity index (χ4n) is 8.73. The van der Waals surface area contributed by atoms with Crippen molar-refractivity contribution in [1.82, 2.24) is 19.8 Å². The van der Waals surface area contributed by atoms with Gasteiger partial charge in [0.1, 0.15) is 0 Å². The van der Waals surface area contributed by atoms with E-state index < -0.39 is 41.4 Å². The normalized spacial score (nSPS) is 17.2. The largest absolute Gasteiger partial charge is 0.281 e. The summed E-state index contributed by atoms with van der Waals surface area (Å²) in [5, 5.41) is 1.39. The van der Waals surface area contributed by atoms with Gasteiger partial charge in [-0.25, -0.2) is 0 Å². The summed E-state index contributed by atoms with van der Waals surface area (Å²) >= 11 is 0. The monoisotopic (exact) mass is 766 g/mol. The Balaban J connectivity index is 1.09. The molecule has 0 spiro atoms. The minimum Gasteiger partial charge on any atom is -0.272 e. The fraction of sp³-hybridized carbons (Fsp3) is 0.333. The SMILES string of the molecule is CCCCC(CC)N1C(=O)c2ccc3c4c(ccc(c24)C1=O)C(=O)N(N1C(=O)c2ccc(-c4ccc5c(c4)C(=O)N(C(C)CCCC(C)C)C5=O)cc2C1=O)C3=O. The maximum atomic E-state index is 14.2. The molecule has 0 N–H and O–H groups in total. The molecule has 0 fully saturated rings. The standard InChI is InChI=1S/C45H42N4O8/c1-6-8-12-27(7-2)47-39(51)30-17-19-32-37-33(20-18-31(36(30)37)40(47)52)44(56)49(43(32)55)48-42(54)29-16-14-26(22-35(29)45(48)57)25-13-15-28-34(21-25)41(53)46(38(28)50)24(5)11-9-10-23(3)4/h13-24,27H,6-12H2,1-5H3. The van der Waals surface area contributed by atoms with E-state index in [2.05, 4.69) is 13.8 Å². The highest BCUT2D eigenvalue weighted by molar-refractivity contribution is 6.35. The molecule has 4 aliphatic rings. The number of amides is 8. The van der Waals surface area contributed by atoms with E-state index in [1.165, 1.54) is 46.2 Å². The van der Waals surface area contributed by atoms with Gasteiger partial charge in [0.2, 0.25) is 0 Å². The zero-order valence-corrected chi connectivity index (χ0v) is 32.5. The van der Waals surface area contributed by atoms with Gasteiger partial charge in [-0.3, -0.25) is 48.2 Å². The van der Waals surface area contributed by atoms with Crippen LogP contribution in [-0.4, -0.2) is 79.2 Å². The number of carbonyl (C=O) groups is 8. The van der Waals surface area contributed by atoms with Crippen LogP contribution >= 0.6 is 0 Å². The molecule has 4 aliphatic heterocycles. The summed E-state index contributed by atoms with van der Waals surface area (Å²) in [6, 6.07) is 14.5. The van der Waals surface area contributed by atoms with Crippen LogP contribution < -0.4 is 0 Å². The smallest absolute Gasteiger partial charge is 0.272 e. The first kappa shape index (κ1) is 37.6. The highest BCUT2D eigenvalue weighted by Gasteiger charge is 2.49. The Morgan fingerprint density at radius 1 is 0.439 bits per heavy atom. The minimum atomic E-state index is -0.951. The molecular weight excluding hydrogens is 725 g/mol. The maximum absolute atomic E-state index is 14.2. The van der Waals surface area contributed by atoms with Crippen molar-refractivity contribution in [1.29, 1.82) is 0 Å². The lowest BCUT2D eigenvalue weighted by atomic mass is 9.85. The molecule has 12 nitrogen and oxygen atoms in total. The number of imide groups is 4. The van der Waals surface area contributed by atoms with Gasteiger partial charge < -0.3 is 0 Å². The first-order chi connectivity index (χ1) is 27.3. The van der Waals surface area contributed by atoms with Gasteiger partial charge in [-0.15, -0.1) is 0 Å². The van der Waals surface area contributed by atoms with Gasteiger partial charge in [0, 0.05) is 34.0 Å². The summed E-state index contributed by atoms with van der Waals surface area (Å²) in [6.45, 7) is 10.1. The lowest BCUT2D eigenvalue weighted by Gasteiger charge is -2.36. The molecule has 4 aromatic rings. The van der Waals surface area contributed by atoms with Crippen LogP contribution in [0.1, 0.15) is 162 Å². The Labute approximate surface area is 329 Å². The molecule has 0 aromatic heterocycles. The number of fused-ring (bicyclic) bond motifs is 2. The van der Waals surface area contributed by atoms with Crippen LogP contribution in [0.2, 0.25) is 0 Å². The first-order valence-corrected chi connectivity index (χ1v) is 19.7. The van der Waals surface area contributed by atoms with Crippen LogP contribution in [0.5, 0.6) is 0 Å². The lowest BCUT2D eigenvalue weighted by molar-refractivity contribution is 0.00522. The quantitative estimate of drug-likeness (QED) is 0.133. The predicted octanol–water partition coefficient (Wildman–Crippen LogP) is 7.69. The Hall–Kier alpha value is -6.30. The molecule has 0 aliphatic carbocycles. The van der Waals surface area contributed by atoms with E-state index >= 15 is 0 Å². The third-order valence-corrected chi connectivity index (χ3v) is 11.8. The summed E-state index contributed by atoms with van der Waals surface area (Å²) < 4.78 is 0. The molecule has 290 valence electrons. The van der Waals surface area contributed by atoms with Crippen LogP contribution in [0, 0.1) is 5.92 Å². The van der Waals surface area contributed by atoms with Crippen LogP contribution in [0.15, 0.2) is 60.7 Å². The van der Waals surface area contributed by atoms with Crippen molar-refractivity contribution in [3.63, 3.8) is 0 Å². The fourth-order valence-corrected chi connectivity index (χ4v) is 8.73. The summed E-state index contributed by atoms with van der Waals surface area (Å²) in [6.07, 6.45) is 5.52. The Bertz CT molecular complexity index is 2450. The first-order valence-electron chi connectivity index (χ1n) is 19.7.